The summed E-state index contributed by atoms with van der Waals surface area (Å²) >= 11 is 1.42. The molecule has 5 rings (SSSR count). The van der Waals surface area contributed by atoms with Crippen LogP contribution >= 0.6 is 11.8 Å². The maximum atomic E-state index is 12.4. The Morgan fingerprint density at radius 1 is 1.03 bits per heavy atom. The van der Waals surface area contributed by atoms with Crippen LogP contribution in [0.3, 0.4) is 0 Å². The van der Waals surface area contributed by atoms with Crippen molar-refractivity contribution in [2.75, 3.05) is 6.61 Å². The summed E-state index contributed by atoms with van der Waals surface area (Å²) in [5, 5.41) is 0. The number of hydrogen-bond acceptors (Lipinski definition) is 5. The highest BCUT2D eigenvalue weighted by Gasteiger charge is 2.25. The van der Waals surface area contributed by atoms with E-state index in [4.69, 9.17) is 9.47 Å². The van der Waals surface area contributed by atoms with Gasteiger partial charge in [0.25, 0.3) is 11.6 Å². The summed E-state index contributed by atoms with van der Waals surface area (Å²) in [7, 11) is 0. The first-order valence-electron chi connectivity index (χ1n) is 11.0. The van der Waals surface area contributed by atoms with Gasteiger partial charge in [-0.15, -0.1) is 0 Å². The van der Waals surface area contributed by atoms with Crippen LogP contribution in [0.25, 0.3) is 0 Å². The van der Waals surface area contributed by atoms with Gasteiger partial charge >= 0.3 is 0 Å². The first kappa shape index (κ1) is 20.2. The van der Waals surface area contributed by atoms with Gasteiger partial charge in [-0.25, -0.2) is 0 Å². The second-order valence-electron chi connectivity index (χ2n) is 8.22. The Balaban J connectivity index is 1.19. The van der Waals surface area contributed by atoms with Crippen LogP contribution in [0.1, 0.15) is 43.6 Å². The average Bonchev–Trinajstić information content (AvgIpc) is 3.21. The van der Waals surface area contributed by atoms with Crippen molar-refractivity contribution in [3.05, 3.63) is 76.7 Å². The molecule has 1 aliphatic carbocycles. The summed E-state index contributed by atoms with van der Waals surface area (Å²) in [5.74, 6) is 1.55. The third kappa shape index (κ3) is 4.79. The average molecular weight is 435 g/mol. The third-order valence-electron chi connectivity index (χ3n) is 5.96. The van der Waals surface area contributed by atoms with Crippen LogP contribution in [-0.2, 0) is 6.54 Å². The minimum atomic E-state index is -0.264. The maximum absolute atomic E-state index is 12.4. The summed E-state index contributed by atoms with van der Waals surface area (Å²) in [6, 6.07) is 18.7. The molecule has 0 N–H and O–H groups in total. The SMILES string of the molecule is O=c1nc2n(cc1Sc1ccccc1)C[C@@H](COc1ccc(C3CCCCC3)cc1)O2. The molecule has 1 aromatic heterocycles. The van der Waals surface area contributed by atoms with Gasteiger partial charge in [-0.05, 0) is 48.6 Å². The van der Waals surface area contributed by atoms with Gasteiger partial charge in [0.15, 0.2) is 6.10 Å². The monoisotopic (exact) mass is 434 g/mol. The lowest BCUT2D eigenvalue weighted by molar-refractivity contribution is 0.143. The highest BCUT2D eigenvalue weighted by molar-refractivity contribution is 7.99. The Labute approximate surface area is 186 Å². The van der Waals surface area contributed by atoms with Crippen LogP contribution in [-0.4, -0.2) is 22.3 Å². The number of benzene rings is 2. The molecular formula is C25H26N2O3S. The fourth-order valence-electron chi connectivity index (χ4n) is 4.32. The van der Waals surface area contributed by atoms with E-state index >= 15 is 0 Å². The minimum Gasteiger partial charge on any atom is -0.490 e. The number of rotatable bonds is 6. The van der Waals surface area contributed by atoms with Gasteiger partial charge in [0, 0.05) is 11.1 Å². The molecule has 0 radical (unpaired) electrons. The Hall–Kier alpha value is -2.73. The van der Waals surface area contributed by atoms with Crippen LogP contribution in [0.4, 0.5) is 0 Å². The Kier molecular flexibility index (Phi) is 5.98. The summed E-state index contributed by atoms with van der Waals surface area (Å²) in [4.78, 5) is 18.1. The zero-order valence-corrected chi connectivity index (χ0v) is 18.2. The predicted molar refractivity (Wildman–Crippen MR) is 121 cm³/mol. The molecule has 2 aliphatic rings. The van der Waals surface area contributed by atoms with Crippen molar-refractivity contribution in [2.24, 2.45) is 0 Å². The van der Waals surface area contributed by atoms with E-state index in [0.717, 1.165) is 10.6 Å². The second kappa shape index (κ2) is 9.18. The van der Waals surface area contributed by atoms with E-state index in [-0.39, 0.29) is 11.7 Å². The van der Waals surface area contributed by atoms with Gasteiger partial charge in [0.1, 0.15) is 12.4 Å². The summed E-state index contributed by atoms with van der Waals surface area (Å²) in [5.41, 5.74) is 1.16. The van der Waals surface area contributed by atoms with Crippen molar-refractivity contribution in [1.29, 1.82) is 0 Å². The van der Waals surface area contributed by atoms with E-state index in [1.54, 1.807) is 0 Å². The van der Waals surface area contributed by atoms with E-state index in [1.165, 1.54) is 49.4 Å². The molecule has 0 saturated heterocycles. The Bertz CT molecular complexity index is 1080. The van der Waals surface area contributed by atoms with Gasteiger partial charge in [0.05, 0.1) is 11.4 Å². The van der Waals surface area contributed by atoms with E-state index in [1.807, 2.05) is 41.1 Å². The van der Waals surface area contributed by atoms with Crippen LogP contribution in [0.5, 0.6) is 11.8 Å². The van der Waals surface area contributed by atoms with Crippen molar-refractivity contribution in [1.82, 2.24) is 9.55 Å². The van der Waals surface area contributed by atoms with Crippen molar-refractivity contribution in [2.45, 2.75) is 60.5 Å². The van der Waals surface area contributed by atoms with E-state index in [0.29, 0.717) is 30.0 Å². The normalized spacial score (nSPS) is 18.4. The molecule has 1 saturated carbocycles. The molecule has 2 aromatic carbocycles. The molecule has 0 amide bonds. The highest BCUT2D eigenvalue weighted by Crippen LogP contribution is 2.33. The third-order valence-corrected chi connectivity index (χ3v) is 6.97. The number of aromatic nitrogens is 2. The molecule has 160 valence electrons. The molecule has 2 heterocycles. The summed E-state index contributed by atoms with van der Waals surface area (Å²) in [6.45, 7) is 1.03. The maximum Gasteiger partial charge on any atom is 0.300 e. The smallest absolute Gasteiger partial charge is 0.300 e. The zero-order chi connectivity index (χ0) is 21.0. The van der Waals surface area contributed by atoms with Crippen LogP contribution in [0.15, 0.2) is 75.4 Å². The van der Waals surface area contributed by atoms with Gasteiger partial charge in [0.2, 0.25) is 0 Å². The van der Waals surface area contributed by atoms with Gasteiger partial charge in [-0.1, -0.05) is 61.4 Å². The Morgan fingerprint density at radius 3 is 2.58 bits per heavy atom. The number of nitrogens with zero attached hydrogens (tertiary/aromatic N) is 2. The Morgan fingerprint density at radius 2 is 1.81 bits per heavy atom. The van der Waals surface area contributed by atoms with Crippen molar-refractivity contribution >= 4 is 11.8 Å². The second-order valence-corrected chi connectivity index (χ2v) is 9.33. The largest absolute Gasteiger partial charge is 0.490 e. The topological polar surface area (TPSA) is 53.4 Å². The fourth-order valence-corrected chi connectivity index (χ4v) is 5.18. The lowest BCUT2D eigenvalue weighted by Crippen LogP contribution is -2.23. The molecule has 0 bridgehead atoms. The first-order chi connectivity index (χ1) is 15.2. The molecule has 3 aromatic rings. The van der Waals surface area contributed by atoms with Crippen LogP contribution in [0.2, 0.25) is 0 Å². The lowest BCUT2D eigenvalue weighted by Gasteiger charge is -2.22. The van der Waals surface area contributed by atoms with Crippen molar-refractivity contribution in [3.63, 3.8) is 0 Å². The number of hydrogen-bond donors (Lipinski definition) is 0. The van der Waals surface area contributed by atoms with E-state index in [9.17, 15) is 4.79 Å². The minimum absolute atomic E-state index is 0.165. The molecule has 1 aliphatic heterocycles. The number of fused-ring (bicyclic) bond motifs is 1. The summed E-state index contributed by atoms with van der Waals surface area (Å²) < 4.78 is 13.7. The number of ether oxygens (including phenoxy) is 2. The van der Waals surface area contributed by atoms with Crippen molar-refractivity contribution < 1.29 is 9.47 Å². The van der Waals surface area contributed by atoms with Gasteiger partial charge in [-0.2, -0.15) is 4.98 Å². The molecule has 0 spiro atoms. The van der Waals surface area contributed by atoms with Crippen LogP contribution in [0, 0.1) is 0 Å². The van der Waals surface area contributed by atoms with Gasteiger partial charge < -0.3 is 9.47 Å². The zero-order valence-electron chi connectivity index (χ0n) is 17.4. The molecule has 0 unspecified atom stereocenters. The van der Waals surface area contributed by atoms with Crippen molar-refractivity contribution in [3.8, 4) is 11.8 Å². The molecular weight excluding hydrogens is 408 g/mol. The molecule has 1 atom stereocenters. The predicted octanol–water partition coefficient (Wildman–Crippen LogP) is 5.28. The van der Waals surface area contributed by atoms with Crippen LogP contribution < -0.4 is 15.0 Å². The molecule has 31 heavy (non-hydrogen) atoms. The fraction of sp³-hybridized carbons (Fsp3) is 0.360. The lowest BCUT2D eigenvalue weighted by atomic mass is 9.84. The molecule has 5 nitrogen and oxygen atoms in total. The van der Waals surface area contributed by atoms with Gasteiger partial charge in [-0.3, -0.25) is 9.36 Å². The van der Waals surface area contributed by atoms with E-state index < -0.39 is 0 Å². The quantitative estimate of drug-likeness (QED) is 0.528. The molecule has 1 fully saturated rings. The first-order valence-corrected chi connectivity index (χ1v) is 11.8. The standard InChI is InChI=1S/C25H26N2O3S/c28-24-23(31-22-9-5-2-6-10-22)16-27-15-21(30-25(27)26-24)17-29-20-13-11-19(12-14-20)18-7-3-1-4-8-18/h2,5-6,9-14,16,18,21H,1,3-4,7-8,15,17H2/t21-/m0/s1. The molecule has 6 heteroatoms. The highest BCUT2D eigenvalue weighted by atomic mass is 32.2. The summed E-state index contributed by atoms with van der Waals surface area (Å²) in [6.07, 6.45) is 8.31. The van der Waals surface area contributed by atoms with E-state index in [2.05, 4.69) is 29.2 Å².